The molecule has 2 atom stereocenters. The number of hydrogen-bond acceptors (Lipinski definition) is 5. The van der Waals surface area contributed by atoms with Crippen LogP contribution in [0.25, 0.3) is 0 Å². The van der Waals surface area contributed by atoms with E-state index in [1.54, 1.807) is 12.4 Å². The summed E-state index contributed by atoms with van der Waals surface area (Å²) in [4.78, 5) is 31.9. The lowest BCUT2D eigenvalue weighted by Crippen LogP contribution is -2.49. The van der Waals surface area contributed by atoms with Gasteiger partial charge in [-0.15, -0.1) is 0 Å². The quantitative estimate of drug-likeness (QED) is 0.827. The highest BCUT2D eigenvalue weighted by molar-refractivity contribution is 5.85. The minimum atomic E-state index is -0.318. The Morgan fingerprint density at radius 3 is 2.79 bits per heavy atom. The molecule has 0 spiro atoms. The first-order valence-corrected chi connectivity index (χ1v) is 9.77. The van der Waals surface area contributed by atoms with Crippen molar-refractivity contribution in [1.82, 2.24) is 20.4 Å². The zero-order valence-corrected chi connectivity index (χ0v) is 16.9. The van der Waals surface area contributed by atoms with Crippen LogP contribution >= 0.6 is 0 Å². The molecule has 2 aromatic rings. The molecular weight excluding hydrogens is 356 g/mol. The molecule has 2 aromatic heterocycles. The predicted molar refractivity (Wildman–Crippen MR) is 104 cm³/mol. The topological polar surface area (TPSA) is 88.3 Å². The van der Waals surface area contributed by atoms with Crippen molar-refractivity contribution >= 4 is 11.8 Å². The first kappa shape index (κ1) is 20.0. The lowest BCUT2D eigenvalue weighted by molar-refractivity contribution is -0.144. The fourth-order valence-electron chi connectivity index (χ4n) is 3.86. The summed E-state index contributed by atoms with van der Waals surface area (Å²) in [6.45, 7) is 8.84. The first-order valence-electron chi connectivity index (χ1n) is 9.77. The molecule has 1 aliphatic rings. The number of carbonyl (C=O) groups excluding carboxylic acids is 2. The number of aryl methyl sites for hydroxylation is 2. The molecule has 0 bridgehead atoms. The van der Waals surface area contributed by atoms with Crippen LogP contribution < -0.4 is 5.32 Å². The zero-order chi connectivity index (χ0) is 20.3. The summed E-state index contributed by atoms with van der Waals surface area (Å²) >= 11 is 0. The van der Waals surface area contributed by atoms with Crippen LogP contribution in [0.1, 0.15) is 55.3 Å². The van der Waals surface area contributed by atoms with Gasteiger partial charge in [0, 0.05) is 37.5 Å². The molecule has 3 heterocycles. The van der Waals surface area contributed by atoms with Gasteiger partial charge in [-0.1, -0.05) is 25.1 Å². The Labute approximate surface area is 165 Å². The van der Waals surface area contributed by atoms with E-state index in [0.717, 1.165) is 16.8 Å². The maximum atomic E-state index is 13.1. The average Bonchev–Trinajstić information content (AvgIpc) is 2.99. The molecule has 0 unspecified atom stereocenters. The van der Waals surface area contributed by atoms with Crippen molar-refractivity contribution in [1.29, 1.82) is 0 Å². The molecule has 0 radical (unpaired) electrons. The summed E-state index contributed by atoms with van der Waals surface area (Å²) in [6.07, 6.45) is 4.37. The number of hydrogen-bond donors (Lipinski definition) is 1. The molecule has 2 amide bonds. The van der Waals surface area contributed by atoms with Crippen LogP contribution in [-0.4, -0.2) is 33.4 Å². The number of nitrogens with one attached hydrogen (secondary N) is 1. The van der Waals surface area contributed by atoms with Gasteiger partial charge in [-0.3, -0.25) is 14.6 Å². The number of likely N-dealkylation sites (tertiary alicyclic amines) is 1. The van der Waals surface area contributed by atoms with Gasteiger partial charge < -0.3 is 14.7 Å². The number of carbonyl (C=O) groups is 2. The first-order chi connectivity index (χ1) is 13.4. The fraction of sp³-hybridized carbons (Fsp3) is 0.524. The SMILES string of the molecule is Cc1noc(C)c1CNC(=O)[C@@H]1CCC(=O)N(CC(C)C)[C@H]1c1cccnc1. The van der Waals surface area contributed by atoms with E-state index < -0.39 is 0 Å². The minimum Gasteiger partial charge on any atom is -0.361 e. The zero-order valence-electron chi connectivity index (χ0n) is 16.9. The highest BCUT2D eigenvalue weighted by Crippen LogP contribution is 2.37. The molecule has 3 rings (SSSR count). The third-order valence-electron chi connectivity index (χ3n) is 5.25. The van der Waals surface area contributed by atoms with Crippen LogP contribution in [-0.2, 0) is 16.1 Å². The van der Waals surface area contributed by atoms with E-state index in [9.17, 15) is 9.59 Å². The molecule has 0 aliphatic carbocycles. The standard InChI is InChI=1S/C21H28N4O3/c1-13(2)12-25-19(26)8-7-17(20(25)16-6-5-9-22-10-16)21(27)23-11-18-14(3)24-28-15(18)4/h5-6,9-10,13,17,20H,7-8,11-12H2,1-4H3,(H,23,27)/t17-,20+/m1/s1. The number of aromatic nitrogens is 2. The Morgan fingerprint density at radius 2 is 2.18 bits per heavy atom. The second-order valence-electron chi connectivity index (χ2n) is 7.84. The van der Waals surface area contributed by atoms with Crippen molar-refractivity contribution < 1.29 is 14.1 Å². The Bertz CT molecular complexity index is 812. The maximum Gasteiger partial charge on any atom is 0.225 e. The van der Waals surface area contributed by atoms with E-state index in [1.165, 1.54) is 0 Å². The molecule has 1 fully saturated rings. The van der Waals surface area contributed by atoms with Crippen LogP contribution in [0.2, 0.25) is 0 Å². The van der Waals surface area contributed by atoms with E-state index in [4.69, 9.17) is 4.52 Å². The third kappa shape index (κ3) is 4.24. The largest absolute Gasteiger partial charge is 0.361 e. The van der Waals surface area contributed by atoms with Gasteiger partial charge in [0.1, 0.15) is 5.76 Å². The third-order valence-corrected chi connectivity index (χ3v) is 5.25. The van der Waals surface area contributed by atoms with Gasteiger partial charge in [0.15, 0.2) is 0 Å². The normalized spacial score (nSPS) is 19.9. The number of rotatable bonds is 6. The summed E-state index contributed by atoms with van der Waals surface area (Å²) < 4.78 is 5.18. The van der Waals surface area contributed by atoms with Crippen molar-refractivity contribution in [3.63, 3.8) is 0 Å². The molecule has 7 nitrogen and oxygen atoms in total. The second-order valence-corrected chi connectivity index (χ2v) is 7.84. The maximum absolute atomic E-state index is 13.1. The van der Waals surface area contributed by atoms with Crippen LogP contribution in [0.3, 0.4) is 0 Å². The summed E-state index contributed by atoms with van der Waals surface area (Å²) in [5, 5.41) is 6.96. The Morgan fingerprint density at radius 1 is 1.39 bits per heavy atom. The van der Waals surface area contributed by atoms with E-state index in [-0.39, 0.29) is 23.8 Å². The van der Waals surface area contributed by atoms with Gasteiger partial charge in [-0.25, -0.2) is 0 Å². The molecule has 1 N–H and O–H groups in total. The van der Waals surface area contributed by atoms with Gasteiger partial charge in [-0.05, 0) is 37.8 Å². The van der Waals surface area contributed by atoms with Crippen LogP contribution in [0.4, 0.5) is 0 Å². The van der Waals surface area contributed by atoms with Crippen molar-refractivity contribution in [2.45, 2.75) is 53.1 Å². The van der Waals surface area contributed by atoms with E-state index in [0.29, 0.717) is 37.6 Å². The molecule has 0 saturated carbocycles. The Kier molecular flexibility index (Phi) is 6.11. The van der Waals surface area contributed by atoms with Gasteiger partial charge in [0.2, 0.25) is 11.8 Å². The van der Waals surface area contributed by atoms with Crippen molar-refractivity contribution in [2.24, 2.45) is 11.8 Å². The van der Waals surface area contributed by atoms with Gasteiger partial charge in [0.25, 0.3) is 0 Å². The molecule has 150 valence electrons. The Hall–Kier alpha value is -2.70. The average molecular weight is 384 g/mol. The van der Waals surface area contributed by atoms with Crippen molar-refractivity contribution in [2.75, 3.05) is 6.54 Å². The summed E-state index contributed by atoms with van der Waals surface area (Å²) in [5.41, 5.74) is 2.58. The number of piperidine rings is 1. The van der Waals surface area contributed by atoms with Gasteiger partial charge in [-0.2, -0.15) is 0 Å². The fourth-order valence-corrected chi connectivity index (χ4v) is 3.86. The minimum absolute atomic E-state index is 0.0601. The van der Waals surface area contributed by atoms with E-state index in [1.807, 2.05) is 30.9 Å². The number of nitrogens with zero attached hydrogens (tertiary/aromatic N) is 3. The summed E-state index contributed by atoms with van der Waals surface area (Å²) in [7, 11) is 0. The van der Waals surface area contributed by atoms with E-state index >= 15 is 0 Å². The highest BCUT2D eigenvalue weighted by atomic mass is 16.5. The second kappa shape index (κ2) is 8.54. The molecule has 1 aliphatic heterocycles. The van der Waals surface area contributed by atoms with Crippen LogP contribution in [0, 0.1) is 25.7 Å². The number of amides is 2. The molecule has 0 aromatic carbocycles. The van der Waals surface area contributed by atoms with Gasteiger partial charge >= 0.3 is 0 Å². The highest BCUT2D eigenvalue weighted by Gasteiger charge is 2.40. The van der Waals surface area contributed by atoms with E-state index in [2.05, 4.69) is 29.3 Å². The van der Waals surface area contributed by atoms with Crippen LogP contribution in [0.5, 0.6) is 0 Å². The molecule has 28 heavy (non-hydrogen) atoms. The Balaban J connectivity index is 1.84. The van der Waals surface area contributed by atoms with Crippen molar-refractivity contribution in [3.8, 4) is 0 Å². The summed E-state index contributed by atoms with van der Waals surface area (Å²) in [6, 6.07) is 3.49. The lowest BCUT2D eigenvalue weighted by Gasteiger charge is -2.41. The number of pyridine rings is 1. The molecule has 1 saturated heterocycles. The monoisotopic (exact) mass is 384 g/mol. The molecular formula is C21H28N4O3. The van der Waals surface area contributed by atoms with Crippen LogP contribution in [0.15, 0.2) is 29.0 Å². The van der Waals surface area contributed by atoms with Crippen molar-refractivity contribution in [3.05, 3.63) is 47.1 Å². The lowest BCUT2D eigenvalue weighted by atomic mass is 9.83. The predicted octanol–water partition coefficient (Wildman–Crippen LogP) is 2.94. The summed E-state index contributed by atoms with van der Waals surface area (Å²) in [5.74, 6) is 0.739. The molecule has 7 heteroatoms. The smallest absolute Gasteiger partial charge is 0.225 e. The van der Waals surface area contributed by atoms with Gasteiger partial charge in [0.05, 0.1) is 17.7 Å².